The molecule has 1 amide bonds. The van der Waals surface area contributed by atoms with Gasteiger partial charge >= 0.3 is 0 Å². The highest BCUT2D eigenvalue weighted by molar-refractivity contribution is 6.30. The van der Waals surface area contributed by atoms with E-state index >= 15 is 0 Å². The quantitative estimate of drug-likeness (QED) is 0.892. The number of carbonyl (C=O) groups is 1. The van der Waals surface area contributed by atoms with Crippen LogP contribution in [0.2, 0.25) is 5.02 Å². The van der Waals surface area contributed by atoms with Gasteiger partial charge in [0, 0.05) is 17.1 Å². The molecule has 0 unspecified atom stereocenters. The van der Waals surface area contributed by atoms with Crippen molar-refractivity contribution < 1.29 is 14.3 Å². The first-order valence-corrected chi connectivity index (χ1v) is 5.83. The van der Waals surface area contributed by atoms with Crippen LogP contribution < -0.4 is 5.32 Å². The van der Waals surface area contributed by atoms with Crippen LogP contribution in [0.25, 0.3) is 11.3 Å². The van der Waals surface area contributed by atoms with Gasteiger partial charge in [0.25, 0.3) is 5.91 Å². The normalized spacial score (nSPS) is 10.3. The van der Waals surface area contributed by atoms with Crippen molar-refractivity contribution in [2.24, 2.45) is 0 Å². The van der Waals surface area contributed by atoms with Gasteiger partial charge in [0.05, 0.1) is 6.61 Å². The molecule has 0 fully saturated rings. The van der Waals surface area contributed by atoms with Gasteiger partial charge in [-0.2, -0.15) is 0 Å². The maximum atomic E-state index is 11.6. The zero-order valence-electron chi connectivity index (χ0n) is 9.52. The summed E-state index contributed by atoms with van der Waals surface area (Å²) in [5.41, 5.74) is 0.809. The third-order valence-electron chi connectivity index (χ3n) is 2.34. The largest absolute Gasteiger partial charge is 0.451 e. The second-order valence-corrected chi connectivity index (χ2v) is 4.09. The Hall–Kier alpha value is -1.78. The Labute approximate surface area is 109 Å². The van der Waals surface area contributed by atoms with Crippen molar-refractivity contribution in [3.8, 4) is 11.3 Å². The van der Waals surface area contributed by atoms with Crippen LogP contribution in [0, 0.1) is 0 Å². The third-order valence-corrected chi connectivity index (χ3v) is 2.57. The van der Waals surface area contributed by atoms with Crippen LogP contribution in [0.3, 0.4) is 0 Å². The molecule has 2 aromatic rings. The summed E-state index contributed by atoms with van der Waals surface area (Å²) >= 11 is 5.88. The van der Waals surface area contributed by atoms with E-state index in [4.69, 9.17) is 21.1 Å². The zero-order valence-corrected chi connectivity index (χ0v) is 10.3. The van der Waals surface area contributed by atoms with Gasteiger partial charge in [0.15, 0.2) is 5.76 Å². The standard InChI is InChI=1S/C13H12ClNO3/c14-10-3-1-2-9(8-10)11-4-5-12(18-11)13(17)15-6-7-16/h1-5,8,16H,6-7H2,(H,15,17). The van der Waals surface area contributed by atoms with Gasteiger partial charge in [-0.25, -0.2) is 0 Å². The number of aliphatic hydroxyl groups is 1. The van der Waals surface area contributed by atoms with Gasteiger partial charge < -0.3 is 14.8 Å². The van der Waals surface area contributed by atoms with E-state index in [0.717, 1.165) is 5.56 Å². The maximum Gasteiger partial charge on any atom is 0.287 e. The number of aliphatic hydroxyl groups excluding tert-OH is 1. The third kappa shape index (κ3) is 2.91. The highest BCUT2D eigenvalue weighted by atomic mass is 35.5. The Morgan fingerprint density at radius 3 is 2.89 bits per heavy atom. The van der Waals surface area contributed by atoms with Crippen molar-refractivity contribution >= 4 is 17.5 Å². The van der Waals surface area contributed by atoms with Crippen molar-refractivity contribution in [3.05, 3.63) is 47.2 Å². The van der Waals surface area contributed by atoms with Gasteiger partial charge in [-0.3, -0.25) is 4.79 Å². The summed E-state index contributed by atoms with van der Waals surface area (Å²) in [4.78, 5) is 11.6. The molecule has 94 valence electrons. The highest BCUT2D eigenvalue weighted by Gasteiger charge is 2.11. The number of hydrogen-bond acceptors (Lipinski definition) is 3. The highest BCUT2D eigenvalue weighted by Crippen LogP contribution is 2.24. The summed E-state index contributed by atoms with van der Waals surface area (Å²) in [6.07, 6.45) is 0. The summed E-state index contributed by atoms with van der Waals surface area (Å²) in [6.45, 7) is 0.0969. The molecule has 1 heterocycles. The molecule has 4 nitrogen and oxygen atoms in total. The van der Waals surface area contributed by atoms with E-state index < -0.39 is 0 Å². The minimum Gasteiger partial charge on any atom is -0.451 e. The number of carbonyl (C=O) groups excluding carboxylic acids is 1. The summed E-state index contributed by atoms with van der Waals surface area (Å²) in [5, 5.41) is 11.7. The van der Waals surface area contributed by atoms with Crippen molar-refractivity contribution in [2.75, 3.05) is 13.2 Å². The number of halogens is 1. The monoisotopic (exact) mass is 265 g/mol. The fraction of sp³-hybridized carbons (Fsp3) is 0.154. The summed E-state index contributed by atoms with van der Waals surface area (Å²) in [5.74, 6) is 0.433. The SMILES string of the molecule is O=C(NCCO)c1ccc(-c2cccc(Cl)c2)o1. The second kappa shape index (κ2) is 5.71. The lowest BCUT2D eigenvalue weighted by Gasteiger charge is -2.00. The molecule has 0 saturated heterocycles. The summed E-state index contributed by atoms with van der Waals surface area (Å²) in [7, 11) is 0. The number of hydrogen-bond donors (Lipinski definition) is 2. The van der Waals surface area contributed by atoms with Crippen molar-refractivity contribution in [1.82, 2.24) is 5.32 Å². The van der Waals surface area contributed by atoms with Crippen LogP contribution in [0.1, 0.15) is 10.6 Å². The molecular weight excluding hydrogens is 254 g/mol. The van der Waals surface area contributed by atoms with E-state index in [1.54, 1.807) is 24.3 Å². The average Bonchev–Trinajstić information content (AvgIpc) is 2.85. The fourth-order valence-electron chi connectivity index (χ4n) is 1.51. The Morgan fingerprint density at radius 2 is 2.17 bits per heavy atom. The van der Waals surface area contributed by atoms with Gasteiger partial charge in [-0.1, -0.05) is 23.7 Å². The molecule has 1 aromatic carbocycles. The van der Waals surface area contributed by atoms with Gasteiger partial charge in [-0.05, 0) is 24.3 Å². The van der Waals surface area contributed by atoms with Crippen LogP contribution >= 0.6 is 11.6 Å². The lowest BCUT2D eigenvalue weighted by atomic mass is 10.2. The van der Waals surface area contributed by atoms with E-state index in [1.807, 2.05) is 12.1 Å². The molecule has 0 radical (unpaired) electrons. The lowest BCUT2D eigenvalue weighted by molar-refractivity contribution is 0.0918. The van der Waals surface area contributed by atoms with E-state index in [1.165, 1.54) is 0 Å². The predicted molar refractivity (Wildman–Crippen MR) is 68.6 cm³/mol. The Balaban J connectivity index is 2.17. The van der Waals surface area contributed by atoms with E-state index in [-0.39, 0.29) is 24.8 Å². The topological polar surface area (TPSA) is 62.5 Å². The summed E-state index contributed by atoms with van der Waals surface area (Å²) < 4.78 is 5.43. The molecule has 1 aromatic heterocycles. The molecule has 5 heteroatoms. The van der Waals surface area contributed by atoms with Crippen LogP contribution in [0.4, 0.5) is 0 Å². The zero-order chi connectivity index (χ0) is 13.0. The molecule has 2 rings (SSSR count). The fourth-order valence-corrected chi connectivity index (χ4v) is 1.70. The Morgan fingerprint density at radius 1 is 1.33 bits per heavy atom. The second-order valence-electron chi connectivity index (χ2n) is 3.65. The van der Waals surface area contributed by atoms with Gasteiger partial charge in [0.2, 0.25) is 0 Å². The first-order valence-electron chi connectivity index (χ1n) is 5.45. The molecular formula is C13H12ClNO3. The maximum absolute atomic E-state index is 11.6. The van der Waals surface area contributed by atoms with Crippen LogP contribution in [0.15, 0.2) is 40.8 Å². The molecule has 0 aliphatic heterocycles. The van der Waals surface area contributed by atoms with Crippen molar-refractivity contribution in [3.63, 3.8) is 0 Å². The molecule has 0 bridgehead atoms. The van der Waals surface area contributed by atoms with Crippen molar-refractivity contribution in [2.45, 2.75) is 0 Å². The number of furan rings is 1. The van der Waals surface area contributed by atoms with E-state index in [0.29, 0.717) is 10.8 Å². The van der Waals surface area contributed by atoms with Gasteiger partial charge in [-0.15, -0.1) is 0 Å². The molecule has 0 atom stereocenters. The first-order chi connectivity index (χ1) is 8.70. The molecule has 0 spiro atoms. The number of benzene rings is 1. The Bertz CT molecular complexity index is 551. The van der Waals surface area contributed by atoms with Crippen LogP contribution in [0.5, 0.6) is 0 Å². The lowest BCUT2D eigenvalue weighted by Crippen LogP contribution is -2.25. The molecule has 0 aliphatic carbocycles. The van der Waals surface area contributed by atoms with Gasteiger partial charge in [0.1, 0.15) is 5.76 Å². The molecule has 0 aliphatic rings. The minimum atomic E-state index is -0.350. The number of nitrogens with one attached hydrogen (secondary N) is 1. The Kier molecular flexibility index (Phi) is 4.02. The molecule has 2 N–H and O–H groups in total. The van der Waals surface area contributed by atoms with Crippen LogP contribution in [-0.4, -0.2) is 24.2 Å². The van der Waals surface area contributed by atoms with Crippen LogP contribution in [-0.2, 0) is 0 Å². The number of amides is 1. The van der Waals surface area contributed by atoms with Crippen molar-refractivity contribution in [1.29, 1.82) is 0 Å². The molecule has 18 heavy (non-hydrogen) atoms. The summed E-state index contributed by atoms with van der Waals surface area (Å²) in [6, 6.07) is 10.5. The van der Waals surface area contributed by atoms with E-state index in [2.05, 4.69) is 5.32 Å². The van der Waals surface area contributed by atoms with E-state index in [9.17, 15) is 4.79 Å². The average molecular weight is 266 g/mol. The molecule has 0 saturated carbocycles. The smallest absolute Gasteiger partial charge is 0.287 e. The number of rotatable bonds is 4. The predicted octanol–water partition coefficient (Wildman–Crippen LogP) is 2.32. The minimum absolute atomic E-state index is 0.104. The first kappa shape index (κ1) is 12.7.